The molecule has 1 aromatic heterocycles. The van der Waals surface area contributed by atoms with Crippen LogP contribution in [0.3, 0.4) is 0 Å². The van der Waals surface area contributed by atoms with Gasteiger partial charge >= 0.3 is 0 Å². The van der Waals surface area contributed by atoms with E-state index in [9.17, 15) is 0 Å². The number of nitrogens with one attached hydrogen (secondary N) is 1. The number of hydrogen-bond acceptors (Lipinski definition) is 5. The summed E-state index contributed by atoms with van der Waals surface area (Å²) in [5.41, 5.74) is 5.44. The summed E-state index contributed by atoms with van der Waals surface area (Å²) in [6, 6.07) is 0. The second-order valence-electron chi connectivity index (χ2n) is 3.44. The van der Waals surface area contributed by atoms with E-state index in [1.54, 1.807) is 12.4 Å². The molecule has 0 aromatic carbocycles. The zero-order valence-electron chi connectivity index (χ0n) is 7.94. The normalized spacial score (nSPS) is 21.0. The van der Waals surface area contributed by atoms with Crippen molar-refractivity contribution in [2.45, 2.75) is 6.42 Å². The van der Waals surface area contributed by atoms with E-state index in [-0.39, 0.29) is 0 Å². The van der Waals surface area contributed by atoms with Crippen LogP contribution in [-0.2, 0) is 0 Å². The summed E-state index contributed by atoms with van der Waals surface area (Å²) in [7, 11) is 0. The van der Waals surface area contributed by atoms with Gasteiger partial charge in [-0.3, -0.25) is 0 Å². The van der Waals surface area contributed by atoms with E-state index in [1.165, 1.54) is 17.9 Å². The van der Waals surface area contributed by atoms with Crippen LogP contribution in [0.25, 0.3) is 0 Å². The molecule has 2 rings (SSSR count). The van der Waals surface area contributed by atoms with Crippen molar-refractivity contribution in [2.75, 3.05) is 29.1 Å². The van der Waals surface area contributed by atoms with Crippen molar-refractivity contribution >= 4 is 23.4 Å². The third kappa shape index (κ3) is 2.51. The summed E-state index contributed by atoms with van der Waals surface area (Å²) < 4.78 is 0. The summed E-state index contributed by atoms with van der Waals surface area (Å²) in [5, 5.41) is 3.27. The van der Waals surface area contributed by atoms with Gasteiger partial charge in [0.05, 0.1) is 12.4 Å². The van der Waals surface area contributed by atoms with E-state index in [2.05, 4.69) is 15.3 Å². The lowest BCUT2D eigenvalue weighted by Crippen LogP contribution is -2.14. The lowest BCUT2D eigenvalue weighted by atomic mass is 10.1. The fourth-order valence-corrected chi connectivity index (χ4v) is 2.71. The van der Waals surface area contributed by atoms with Gasteiger partial charge in [0.2, 0.25) is 0 Å². The molecule has 0 aliphatic carbocycles. The molecule has 1 aliphatic heterocycles. The Kier molecular flexibility index (Phi) is 3.08. The van der Waals surface area contributed by atoms with Crippen LogP contribution in [0.15, 0.2) is 12.4 Å². The maximum Gasteiger partial charge on any atom is 0.144 e. The van der Waals surface area contributed by atoms with Crippen LogP contribution in [0.5, 0.6) is 0 Å². The molecular weight excluding hydrogens is 196 g/mol. The first-order valence-electron chi connectivity index (χ1n) is 4.74. The Bertz CT molecular complexity index is 281. The molecule has 1 saturated heterocycles. The molecule has 0 bridgehead atoms. The minimum Gasteiger partial charge on any atom is -0.382 e. The Labute approximate surface area is 87.7 Å². The Morgan fingerprint density at radius 1 is 1.50 bits per heavy atom. The van der Waals surface area contributed by atoms with Gasteiger partial charge in [0.15, 0.2) is 0 Å². The maximum absolute atomic E-state index is 5.44. The van der Waals surface area contributed by atoms with Crippen LogP contribution >= 0.6 is 11.8 Å². The smallest absolute Gasteiger partial charge is 0.144 e. The van der Waals surface area contributed by atoms with Crippen molar-refractivity contribution in [1.29, 1.82) is 0 Å². The van der Waals surface area contributed by atoms with E-state index in [4.69, 9.17) is 5.73 Å². The number of nitrogens with zero attached hydrogens (tertiary/aromatic N) is 2. The van der Waals surface area contributed by atoms with Crippen LogP contribution in [-0.4, -0.2) is 28.0 Å². The third-order valence-corrected chi connectivity index (χ3v) is 3.50. The van der Waals surface area contributed by atoms with Gasteiger partial charge in [0, 0.05) is 6.54 Å². The lowest BCUT2D eigenvalue weighted by molar-refractivity contribution is 0.630. The number of nitrogen functional groups attached to an aromatic ring is 1. The minimum atomic E-state index is 0.465. The van der Waals surface area contributed by atoms with Crippen molar-refractivity contribution in [3.8, 4) is 0 Å². The Hall–Kier alpha value is -0.970. The number of rotatable bonds is 3. The molecule has 0 amide bonds. The largest absolute Gasteiger partial charge is 0.382 e. The maximum atomic E-state index is 5.44. The highest BCUT2D eigenvalue weighted by molar-refractivity contribution is 7.99. The lowest BCUT2D eigenvalue weighted by Gasteiger charge is -2.09. The first-order valence-corrected chi connectivity index (χ1v) is 5.89. The topological polar surface area (TPSA) is 63.8 Å². The first-order chi connectivity index (χ1) is 6.84. The molecule has 1 atom stereocenters. The molecule has 1 unspecified atom stereocenters. The van der Waals surface area contributed by atoms with Crippen LogP contribution in [0.2, 0.25) is 0 Å². The molecular formula is C9H14N4S. The zero-order chi connectivity index (χ0) is 9.80. The van der Waals surface area contributed by atoms with Crippen molar-refractivity contribution in [2.24, 2.45) is 5.92 Å². The summed E-state index contributed by atoms with van der Waals surface area (Å²) in [4.78, 5) is 8.11. The van der Waals surface area contributed by atoms with Gasteiger partial charge in [-0.1, -0.05) is 0 Å². The van der Waals surface area contributed by atoms with E-state index >= 15 is 0 Å². The summed E-state index contributed by atoms with van der Waals surface area (Å²) in [5.74, 6) is 4.61. The Morgan fingerprint density at radius 2 is 2.43 bits per heavy atom. The van der Waals surface area contributed by atoms with E-state index < -0.39 is 0 Å². The van der Waals surface area contributed by atoms with Crippen molar-refractivity contribution in [3.05, 3.63) is 12.4 Å². The number of nitrogens with two attached hydrogens (primary N) is 1. The highest BCUT2D eigenvalue weighted by Crippen LogP contribution is 2.23. The number of thioether (sulfide) groups is 1. The predicted molar refractivity (Wildman–Crippen MR) is 60.4 cm³/mol. The van der Waals surface area contributed by atoms with Gasteiger partial charge < -0.3 is 11.1 Å². The number of aromatic nitrogens is 2. The van der Waals surface area contributed by atoms with Gasteiger partial charge in [-0.05, 0) is 23.8 Å². The van der Waals surface area contributed by atoms with Crippen molar-refractivity contribution in [3.63, 3.8) is 0 Å². The monoisotopic (exact) mass is 210 g/mol. The van der Waals surface area contributed by atoms with Crippen molar-refractivity contribution < 1.29 is 0 Å². The van der Waals surface area contributed by atoms with Gasteiger partial charge in [-0.15, -0.1) is 0 Å². The summed E-state index contributed by atoms with van der Waals surface area (Å²) >= 11 is 2.02. The molecule has 4 nitrogen and oxygen atoms in total. The van der Waals surface area contributed by atoms with Crippen molar-refractivity contribution in [1.82, 2.24) is 9.97 Å². The summed E-state index contributed by atoms with van der Waals surface area (Å²) in [6.07, 6.45) is 4.56. The first kappa shape index (κ1) is 9.58. The Morgan fingerprint density at radius 3 is 3.07 bits per heavy atom. The van der Waals surface area contributed by atoms with Crippen LogP contribution < -0.4 is 11.1 Å². The van der Waals surface area contributed by atoms with Gasteiger partial charge in [-0.25, -0.2) is 9.97 Å². The average Bonchev–Trinajstić information content (AvgIpc) is 2.70. The predicted octanol–water partition coefficient (Wildman–Crippen LogP) is 1.22. The Balaban J connectivity index is 1.82. The standard InChI is InChI=1S/C9H14N4S/c10-8-4-13-9(5-11-8)12-3-7-1-2-14-6-7/h4-5,7H,1-3,6H2,(H2,10,11)(H,12,13). The van der Waals surface area contributed by atoms with Gasteiger partial charge in [0.1, 0.15) is 11.6 Å². The summed E-state index contributed by atoms with van der Waals surface area (Å²) in [6.45, 7) is 0.992. The van der Waals surface area contributed by atoms with E-state index in [1.807, 2.05) is 11.8 Å². The number of hydrogen-bond donors (Lipinski definition) is 2. The molecule has 0 radical (unpaired) electrons. The second-order valence-corrected chi connectivity index (χ2v) is 4.59. The molecule has 76 valence electrons. The molecule has 2 heterocycles. The zero-order valence-corrected chi connectivity index (χ0v) is 8.76. The molecule has 5 heteroatoms. The minimum absolute atomic E-state index is 0.465. The molecule has 0 saturated carbocycles. The molecule has 1 fully saturated rings. The van der Waals surface area contributed by atoms with Crippen LogP contribution in [0.4, 0.5) is 11.6 Å². The fraction of sp³-hybridized carbons (Fsp3) is 0.556. The fourth-order valence-electron chi connectivity index (χ4n) is 1.42. The van der Waals surface area contributed by atoms with E-state index in [0.29, 0.717) is 5.82 Å². The van der Waals surface area contributed by atoms with E-state index in [0.717, 1.165) is 18.3 Å². The molecule has 14 heavy (non-hydrogen) atoms. The van der Waals surface area contributed by atoms with Crippen LogP contribution in [0, 0.1) is 5.92 Å². The second kappa shape index (κ2) is 4.50. The highest BCUT2D eigenvalue weighted by Gasteiger charge is 2.14. The molecule has 0 spiro atoms. The quantitative estimate of drug-likeness (QED) is 0.785. The SMILES string of the molecule is Nc1cnc(NCC2CCSC2)cn1. The average molecular weight is 210 g/mol. The molecule has 1 aromatic rings. The van der Waals surface area contributed by atoms with Gasteiger partial charge in [-0.2, -0.15) is 11.8 Å². The number of anilines is 2. The molecule has 3 N–H and O–H groups in total. The van der Waals surface area contributed by atoms with Gasteiger partial charge in [0.25, 0.3) is 0 Å². The third-order valence-electron chi connectivity index (χ3n) is 2.27. The highest BCUT2D eigenvalue weighted by atomic mass is 32.2. The molecule has 1 aliphatic rings. The van der Waals surface area contributed by atoms with Crippen LogP contribution in [0.1, 0.15) is 6.42 Å².